The Bertz CT molecular complexity index is 391. The highest BCUT2D eigenvalue weighted by molar-refractivity contribution is 5.53. The number of hydrogen-bond donors (Lipinski definition) is 2. The van der Waals surface area contributed by atoms with Crippen molar-refractivity contribution in [3.8, 4) is 0 Å². The van der Waals surface area contributed by atoms with Gasteiger partial charge in [-0.25, -0.2) is 0 Å². The van der Waals surface area contributed by atoms with E-state index in [9.17, 15) is 0 Å². The summed E-state index contributed by atoms with van der Waals surface area (Å²) in [5.41, 5.74) is 9.04. The van der Waals surface area contributed by atoms with Crippen molar-refractivity contribution in [3.63, 3.8) is 0 Å². The molecule has 3 N–H and O–H groups in total. The highest BCUT2D eigenvalue weighted by Gasteiger charge is 2.20. The predicted octanol–water partition coefficient (Wildman–Crippen LogP) is 3.08. The Morgan fingerprint density at radius 1 is 1.50 bits per heavy atom. The van der Waals surface area contributed by atoms with Gasteiger partial charge in [0, 0.05) is 11.2 Å². The monoisotopic (exact) mass is 216 g/mol. The van der Waals surface area contributed by atoms with E-state index in [0.29, 0.717) is 0 Å². The van der Waals surface area contributed by atoms with Crippen LogP contribution in [0.15, 0.2) is 49.2 Å². The van der Waals surface area contributed by atoms with Crippen molar-refractivity contribution in [3.05, 3.63) is 54.8 Å². The standard InChI is InChI=1S/C14H20N2/c1-5-16-13-9-7-6-8-12(13)10-14(4,15)11(2)3/h5-9,16H,1-2,10,15H2,3-4H3. The molecule has 0 aromatic heterocycles. The SMILES string of the molecule is C=CNc1ccccc1CC(C)(N)C(=C)C. The van der Waals surface area contributed by atoms with Gasteiger partial charge in [0.2, 0.25) is 0 Å². The lowest BCUT2D eigenvalue weighted by molar-refractivity contribution is 0.548. The van der Waals surface area contributed by atoms with Gasteiger partial charge in [0.05, 0.1) is 0 Å². The van der Waals surface area contributed by atoms with E-state index in [-0.39, 0.29) is 5.54 Å². The molecule has 1 rings (SSSR count). The van der Waals surface area contributed by atoms with E-state index in [1.165, 1.54) is 5.56 Å². The Balaban J connectivity index is 2.96. The normalized spacial score (nSPS) is 13.9. The Morgan fingerprint density at radius 2 is 2.12 bits per heavy atom. The Hall–Kier alpha value is -1.54. The molecule has 0 amide bonds. The fourth-order valence-corrected chi connectivity index (χ4v) is 1.47. The number of para-hydroxylation sites is 1. The second-order valence-electron chi connectivity index (χ2n) is 4.38. The minimum Gasteiger partial charge on any atom is -0.362 e. The van der Waals surface area contributed by atoms with Crippen molar-refractivity contribution in [2.75, 3.05) is 5.32 Å². The molecule has 0 bridgehead atoms. The van der Waals surface area contributed by atoms with E-state index in [0.717, 1.165) is 17.7 Å². The Morgan fingerprint density at radius 3 is 2.69 bits per heavy atom. The lowest BCUT2D eigenvalue weighted by Gasteiger charge is -2.26. The summed E-state index contributed by atoms with van der Waals surface area (Å²) in [6.07, 6.45) is 2.44. The zero-order valence-electron chi connectivity index (χ0n) is 10.1. The second-order valence-corrected chi connectivity index (χ2v) is 4.38. The number of rotatable bonds is 5. The van der Waals surface area contributed by atoms with Gasteiger partial charge in [-0.05, 0) is 38.1 Å². The van der Waals surface area contributed by atoms with Crippen molar-refractivity contribution < 1.29 is 0 Å². The molecule has 0 aliphatic heterocycles. The molecule has 86 valence electrons. The summed E-state index contributed by atoms with van der Waals surface area (Å²) in [7, 11) is 0. The minimum absolute atomic E-state index is 0.376. The first-order valence-electron chi connectivity index (χ1n) is 5.37. The fraction of sp³-hybridized carbons (Fsp3) is 0.286. The summed E-state index contributed by atoms with van der Waals surface area (Å²) in [6.45, 7) is 11.6. The molecule has 1 atom stereocenters. The van der Waals surface area contributed by atoms with Gasteiger partial charge in [0.15, 0.2) is 0 Å². The summed E-state index contributed by atoms with van der Waals surface area (Å²) in [5, 5.41) is 3.12. The Labute approximate surface area is 97.9 Å². The molecule has 0 aliphatic carbocycles. The minimum atomic E-state index is -0.376. The fourth-order valence-electron chi connectivity index (χ4n) is 1.47. The molecule has 2 heteroatoms. The van der Waals surface area contributed by atoms with Crippen molar-refractivity contribution in [2.45, 2.75) is 25.8 Å². The van der Waals surface area contributed by atoms with Crippen molar-refractivity contribution in [2.24, 2.45) is 5.73 Å². The second kappa shape index (κ2) is 4.99. The zero-order valence-corrected chi connectivity index (χ0v) is 10.1. The van der Waals surface area contributed by atoms with Gasteiger partial charge in [-0.3, -0.25) is 0 Å². The van der Waals surface area contributed by atoms with Crippen molar-refractivity contribution in [1.82, 2.24) is 0 Å². The Kier molecular flexibility index (Phi) is 3.91. The highest BCUT2D eigenvalue weighted by Crippen LogP contribution is 2.23. The number of hydrogen-bond acceptors (Lipinski definition) is 2. The molecule has 1 aromatic carbocycles. The van der Waals surface area contributed by atoms with Crippen LogP contribution in [0.3, 0.4) is 0 Å². The molecule has 0 aliphatic rings. The summed E-state index contributed by atoms with van der Waals surface area (Å²) >= 11 is 0. The molecular weight excluding hydrogens is 196 g/mol. The maximum atomic E-state index is 6.20. The van der Waals surface area contributed by atoms with Crippen LogP contribution in [-0.4, -0.2) is 5.54 Å². The number of benzene rings is 1. The highest BCUT2D eigenvalue weighted by atomic mass is 14.8. The first kappa shape index (κ1) is 12.5. The number of nitrogens with two attached hydrogens (primary N) is 1. The van der Waals surface area contributed by atoms with Crippen molar-refractivity contribution >= 4 is 5.69 Å². The first-order valence-corrected chi connectivity index (χ1v) is 5.37. The predicted molar refractivity (Wildman–Crippen MR) is 71.4 cm³/mol. The molecular formula is C14H20N2. The molecule has 0 saturated carbocycles. The third kappa shape index (κ3) is 2.97. The number of anilines is 1. The molecule has 16 heavy (non-hydrogen) atoms. The maximum Gasteiger partial charge on any atom is 0.0412 e. The molecule has 0 heterocycles. The van der Waals surface area contributed by atoms with Crippen LogP contribution in [-0.2, 0) is 6.42 Å². The first-order chi connectivity index (χ1) is 7.47. The molecule has 0 spiro atoms. The number of nitrogens with one attached hydrogen (secondary N) is 1. The van der Waals surface area contributed by atoms with E-state index in [4.69, 9.17) is 5.73 Å². The summed E-state index contributed by atoms with van der Waals surface area (Å²) in [4.78, 5) is 0. The van der Waals surface area contributed by atoms with Crippen LogP contribution in [0.25, 0.3) is 0 Å². The van der Waals surface area contributed by atoms with Gasteiger partial charge in [0.25, 0.3) is 0 Å². The van der Waals surface area contributed by atoms with E-state index in [2.05, 4.69) is 24.5 Å². The molecule has 0 radical (unpaired) electrons. The van der Waals surface area contributed by atoms with Crippen LogP contribution in [0.1, 0.15) is 19.4 Å². The molecule has 0 saturated heterocycles. The largest absolute Gasteiger partial charge is 0.362 e. The topological polar surface area (TPSA) is 38.0 Å². The van der Waals surface area contributed by atoms with Crippen LogP contribution in [0.5, 0.6) is 0 Å². The van der Waals surface area contributed by atoms with Gasteiger partial charge in [-0.2, -0.15) is 0 Å². The summed E-state index contributed by atoms with van der Waals surface area (Å²) in [5.74, 6) is 0. The van der Waals surface area contributed by atoms with Gasteiger partial charge in [-0.15, -0.1) is 0 Å². The molecule has 1 unspecified atom stereocenters. The molecule has 1 aromatic rings. The van der Waals surface area contributed by atoms with Crippen LogP contribution in [0.2, 0.25) is 0 Å². The maximum absolute atomic E-state index is 6.20. The quantitative estimate of drug-likeness (QED) is 0.742. The smallest absolute Gasteiger partial charge is 0.0412 e. The van der Waals surface area contributed by atoms with Crippen LogP contribution in [0, 0.1) is 0 Å². The average Bonchev–Trinajstić information content (AvgIpc) is 2.20. The zero-order chi connectivity index (χ0) is 12.2. The summed E-state index contributed by atoms with van der Waals surface area (Å²) in [6, 6.07) is 8.09. The van der Waals surface area contributed by atoms with Gasteiger partial charge >= 0.3 is 0 Å². The van der Waals surface area contributed by atoms with E-state index in [1.54, 1.807) is 6.20 Å². The third-order valence-electron chi connectivity index (χ3n) is 2.81. The van der Waals surface area contributed by atoms with Crippen LogP contribution < -0.4 is 11.1 Å². The van der Waals surface area contributed by atoms with E-state index >= 15 is 0 Å². The summed E-state index contributed by atoms with van der Waals surface area (Å²) < 4.78 is 0. The molecule has 2 nitrogen and oxygen atoms in total. The van der Waals surface area contributed by atoms with Gasteiger partial charge in [-0.1, -0.05) is 36.9 Å². The van der Waals surface area contributed by atoms with Crippen molar-refractivity contribution in [1.29, 1.82) is 0 Å². The van der Waals surface area contributed by atoms with Crippen LogP contribution in [0.4, 0.5) is 5.69 Å². The van der Waals surface area contributed by atoms with E-state index in [1.807, 2.05) is 32.0 Å². The van der Waals surface area contributed by atoms with Gasteiger partial charge < -0.3 is 11.1 Å². The lowest BCUT2D eigenvalue weighted by atomic mass is 9.87. The van der Waals surface area contributed by atoms with E-state index < -0.39 is 0 Å². The lowest BCUT2D eigenvalue weighted by Crippen LogP contribution is -2.39. The van der Waals surface area contributed by atoms with Gasteiger partial charge in [0.1, 0.15) is 0 Å². The molecule has 0 fully saturated rings. The average molecular weight is 216 g/mol. The third-order valence-corrected chi connectivity index (χ3v) is 2.81. The van der Waals surface area contributed by atoms with Crippen LogP contribution >= 0.6 is 0 Å².